The molecule has 2 N–H and O–H groups in total. The topological polar surface area (TPSA) is 66.8 Å². The molecule has 0 amide bonds. The largest absolute Gasteiger partial charge is 0.507 e. The number of benzene rings is 2. The average Bonchev–Trinajstić information content (AvgIpc) is 2.38. The van der Waals surface area contributed by atoms with Crippen LogP contribution in [0.3, 0.4) is 0 Å². The highest BCUT2D eigenvalue weighted by Gasteiger charge is 2.11. The van der Waals surface area contributed by atoms with Crippen molar-refractivity contribution < 1.29 is 20.0 Å². The highest BCUT2D eigenvalue weighted by Crippen LogP contribution is 2.29. The Labute approximate surface area is 97.6 Å². The van der Waals surface area contributed by atoms with Crippen molar-refractivity contribution in [1.29, 1.82) is 0 Å². The lowest BCUT2D eigenvalue weighted by molar-refractivity contribution is -0.182. The predicted molar refractivity (Wildman–Crippen MR) is 61.6 cm³/mol. The van der Waals surface area contributed by atoms with E-state index in [-0.39, 0.29) is 11.3 Å². The third-order valence-electron chi connectivity index (χ3n) is 2.40. The highest BCUT2D eigenvalue weighted by molar-refractivity contribution is 5.90. The van der Waals surface area contributed by atoms with Crippen molar-refractivity contribution in [3.63, 3.8) is 0 Å². The van der Waals surface area contributed by atoms with Crippen molar-refractivity contribution in [1.82, 2.24) is 0 Å². The molecule has 0 heterocycles. The number of carbonyl (C=O) groups excluding carboxylic acids is 1. The molecule has 0 unspecified atom stereocenters. The van der Waals surface area contributed by atoms with Crippen molar-refractivity contribution >= 4 is 5.97 Å². The lowest BCUT2D eigenvalue weighted by Crippen LogP contribution is -2.01. The van der Waals surface area contributed by atoms with Gasteiger partial charge in [0.05, 0.1) is 5.56 Å². The molecular formula is C13H10O4. The maximum Gasteiger partial charge on any atom is 0.372 e. The minimum atomic E-state index is -0.903. The third-order valence-corrected chi connectivity index (χ3v) is 2.40. The van der Waals surface area contributed by atoms with Crippen molar-refractivity contribution in [3.8, 4) is 16.9 Å². The van der Waals surface area contributed by atoms with E-state index in [1.165, 1.54) is 12.1 Å². The Kier molecular flexibility index (Phi) is 3.07. The maximum atomic E-state index is 11.0. The summed E-state index contributed by atoms with van der Waals surface area (Å²) in [6.45, 7) is 0. The van der Waals surface area contributed by atoms with Crippen LogP contribution in [0.5, 0.6) is 5.75 Å². The van der Waals surface area contributed by atoms with Gasteiger partial charge >= 0.3 is 5.97 Å². The van der Waals surface area contributed by atoms with Gasteiger partial charge in [0.2, 0.25) is 0 Å². The summed E-state index contributed by atoms with van der Waals surface area (Å²) >= 11 is 0. The first kappa shape index (κ1) is 11.2. The summed E-state index contributed by atoms with van der Waals surface area (Å²) in [6, 6.07) is 13.6. The van der Waals surface area contributed by atoms with Crippen LogP contribution >= 0.6 is 0 Å². The van der Waals surface area contributed by atoms with Crippen LogP contribution in [0.1, 0.15) is 10.4 Å². The Bertz CT molecular complexity index is 534. The molecule has 4 nitrogen and oxygen atoms in total. The van der Waals surface area contributed by atoms with Gasteiger partial charge in [-0.05, 0) is 23.8 Å². The fourth-order valence-electron chi connectivity index (χ4n) is 1.57. The first-order chi connectivity index (χ1) is 8.22. The van der Waals surface area contributed by atoms with Crippen molar-refractivity contribution in [2.24, 2.45) is 0 Å². The molecule has 0 aliphatic carbocycles. The molecule has 4 heteroatoms. The smallest absolute Gasteiger partial charge is 0.372 e. The molecule has 2 rings (SSSR count). The first-order valence-corrected chi connectivity index (χ1v) is 4.96. The van der Waals surface area contributed by atoms with Gasteiger partial charge in [-0.2, -0.15) is 5.26 Å². The van der Waals surface area contributed by atoms with Crippen LogP contribution in [0.15, 0.2) is 48.5 Å². The third kappa shape index (κ3) is 2.26. The SMILES string of the molecule is O=C(OO)c1ccc(-c2ccccc2)c(O)c1. The predicted octanol–water partition coefficient (Wildman–Crippen LogP) is 2.69. The van der Waals surface area contributed by atoms with E-state index in [9.17, 15) is 9.90 Å². The summed E-state index contributed by atoms with van der Waals surface area (Å²) in [5.41, 5.74) is 1.54. The second-order valence-corrected chi connectivity index (χ2v) is 3.48. The molecule has 0 aliphatic heterocycles. The Morgan fingerprint density at radius 2 is 1.76 bits per heavy atom. The molecule has 2 aromatic rings. The van der Waals surface area contributed by atoms with E-state index in [0.717, 1.165) is 5.56 Å². The molecule has 86 valence electrons. The molecule has 0 spiro atoms. The number of aromatic hydroxyl groups is 1. The molecule has 0 aromatic heterocycles. The summed E-state index contributed by atoms with van der Waals surface area (Å²) in [4.78, 5) is 14.6. The molecule has 0 fully saturated rings. The number of phenols is 1. The second-order valence-electron chi connectivity index (χ2n) is 3.48. The molecule has 0 radical (unpaired) electrons. The summed E-state index contributed by atoms with van der Waals surface area (Å²) in [7, 11) is 0. The normalized spacial score (nSPS) is 9.94. The van der Waals surface area contributed by atoms with Gasteiger partial charge in [0.25, 0.3) is 0 Å². The molecular weight excluding hydrogens is 220 g/mol. The lowest BCUT2D eigenvalue weighted by atomic mass is 10.0. The van der Waals surface area contributed by atoms with Crippen LogP contribution in [-0.2, 0) is 4.89 Å². The van der Waals surface area contributed by atoms with E-state index in [2.05, 4.69) is 4.89 Å². The van der Waals surface area contributed by atoms with Gasteiger partial charge in [-0.25, -0.2) is 4.79 Å². The van der Waals surface area contributed by atoms with Crippen molar-refractivity contribution in [3.05, 3.63) is 54.1 Å². The van der Waals surface area contributed by atoms with Gasteiger partial charge in [0.15, 0.2) is 0 Å². The van der Waals surface area contributed by atoms with Crippen LogP contribution < -0.4 is 0 Å². The van der Waals surface area contributed by atoms with E-state index in [0.29, 0.717) is 5.56 Å². The number of phenolic OH excluding ortho intramolecular Hbond substituents is 1. The molecule has 0 bridgehead atoms. The Hall–Kier alpha value is -2.33. The fraction of sp³-hybridized carbons (Fsp3) is 0. The Balaban J connectivity index is 2.42. The highest BCUT2D eigenvalue weighted by atomic mass is 17.1. The van der Waals surface area contributed by atoms with Gasteiger partial charge in [-0.3, -0.25) is 4.89 Å². The lowest BCUT2D eigenvalue weighted by Gasteiger charge is -2.05. The van der Waals surface area contributed by atoms with Crippen LogP contribution in [0.4, 0.5) is 0 Å². The standard InChI is InChI=1S/C13H10O4/c14-12-8-10(13(15)17-16)6-7-11(12)9-4-2-1-3-5-9/h1-8,14,16H. The van der Waals surface area contributed by atoms with Crippen LogP contribution in [-0.4, -0.2) is 16.3 Å². The van der Waals surface area contributed by atoms with Crippen molar-refractivity contribution in [2.45, 2.75) is 0 Å². The number of carbonyl (C=O) groups is 1. The molecule has 0 saturated heterocycles. The monoisotopic (exact) mass is 230 g/mol. The van der Waals surface area contributed by atoms with Gasteiger partial charge in [0, 0.05) is 5.56 Å². The van der Waals surface area contributed by atoms with Gasteiger partial charge in [0.1, 0.15) is 5.75 Å². The quantitative estimate of drug-likeness (QED) is 0.614. The summed E-state index contributed by atoms with van der Waals surface area (Å²) < 4.78 is 0. The summed E-state index contributed by atoms with van der Waals surface area (Å²) in [5, 5.41) is 18.0. The zero-order chi connectivity index (χ0) is 12.3. The van der Waals surface area contributed by atoms with Gasteiger partial charge in [-0.1, -0.05) is 30.3 Å². The zero-order valence-corrected chi connectivity index (χ0v) is 8.83. The van der Waals surface area contributed by atoms with Crippen LogP contribution in [0.25, 0.3) is 11.1 Å². The van der Waals surface area contributed by atoms with Crippen LogP contribution in [0, 0.1) is 0 Å². The molecule has 0 atom stereocenters. The van der Waals surface area contributed by atoms with E-state index in [4.69, 9.17) is 5.26 Å². The fourth-order valence-corrected chi connectivity index (χ4v) is 1.57. The Morgan fingerprint density at radius 1 is 1.06 bits per heavy atom. The Morgan fingerprint density at radius 3 is 2.35 bits per heavy atom. The molecule has 0 saturated carbocycles. The minimum Gasteiger partial charge on any atom is -0.507 e. The van der Waals surface area contributed by atoms with Crippen LogP contribution in [0.2, 0.25) is 0 Å². The average molecular weight is 230 g/mol. The van der Waals surface area contributed by atoms with Crippen molar-refractivity contribution in [2.75, 3.05) is 0 Å². The summed E-state index contributed by atoms with van der Waals surface area (Å²) in [5.74, 6) is -0.945. The van der Waals surface area contributed by atoms with E-state index >= 15 is 0 Å². The minimum absolute atomic E-state index is 0.0425. The molecule has 0 aliphatic rings. The van der Waals surface area contributed by atoms with E-state index < -0.39 is 5.97 Å². The number of hydrogen-bond acceptors (Lipinski definition) is 4. The van der Waals surface area contributed by atoms with Gasteiger partial charge < -0.3 is 5.11 Å². The zero-order valence-electron chi connectivity index (χ0n) is 8.83. The van der Waals surface area contributed by atoms with Gasteiger partial charge in [-0.15, -0.1) is 0 Å². The number of hydrogen-bond donors (Lipinski definition) is 2. The molecule has 17 heavy (non-hydrogen) atoms. The summed E-state index contributed by atoms with van der Waals surface area (Å²) in [6.07, 6.45) is 0. The van der Waals surface area contributed by atoms with E-state index in [1.54, 1.807) is 6.07 Å². The second kappa shape index (κ2) is 4.67. The van der Waals surface area contributed by atoms with E-state index in [1.807, 2.05) is 30.3 Å². The number of rotatable bonds is 2. The first-order valence-electron chi connectivity index (χ1n) is 4.96. The maximum absolute atomic E-state index is 11.0. The molecule has 2 aromatic carbocycles.